The van der Waals surface area contributed by atoms with Crippen molar-refractivity contribution in [1.29, 1.82) is 5.26 Å². The van der Waals surface area contributed by atoms with E-state index in [2.05, 4.69) is 9.97 Å². The van der Waals surface area contributed by atoms with Gasteiger partial charge in [-0.05, 0) is 19.3 Å². The summed E-state index contributed by atoms with van der Waals surface area (Å²) in [7, 11) is 0. The highest BCUT2D eigenvalue weighted by atomic mass is 16.4. The third-order valence-corrected chi connectivity index (χ3v) is 3.88. The van der Waals surface area contributed by atoms with Gasteiger partial charge in [-0.25, -0.2) is 9.97 Å². The molecule has 0 aromatic carbocycles. The number of aromatic nitrogens is 2. The molecule has 1 aromatic heterocycles. The second kappa shape index (κ2) is 3.95. The van der Waals surface area contributed by atoms with E-state index in [1.165, 1.54) is 6.20 Å². The van der Waals surface area contributed by atoms with Gasteiger partial charge in [0.1, 0.15) is 6.07 Å². The van der Waals surface area contributed by atoms with Gasteiger partial charge in [0.05, 0.1) is 5.92 Å². The molecule has 6 nitrogen and oxygen atoms in total. The normalized spacial score (nSPS) is 29.3. The lowest BCUT2D eigenvalue weighted by Gasteiger charge is -2.24. The molecule has 2 bridgehead atoms. The molecule has 2 aliphatic rings. The fraction of sp³-hybridized carbons (Fsp3) is 0.500. The lowest BCUT2D eigenvalue weighted by molar-refractivity contribution is -0.142. The first-order valence-electron chi connectivity index (χ1n) is 5.94. The van der Waals surface area contributed by atoms with Gasteiger partial charge in [-0.1, -0.05) is 0 Å². The minimum Gasteiger partial charge on any atom is -0.481 e. The van der Waals surface area contributed by atoms with Crippen molar-refractivity contribution in [1.82, 2.24) is 9.97 Å². The number of hydrogen-bond donors (Lipinski definition) is 1. The summed E-state index contributed by atoms with van der Waals surface area (Å²) in [6.07, 6.45) is 5.48. The summed E-state index contributed by atoms with van der Waals surface area (Å²) in [5.41, 5.74) is 0.278. The monoisotopic (exact) mass is 244 g/mol. The molecular weight excluding hydrogens is 232 g/mol. The minimum atomic E-state index is -0.755. The molecule has 1 N–H and O–H groups in total. The van der Waals surface area contributed by atoms with Crippen LogP contribution in [0.3, 0.4) is 0 Å². The Balaban J connectivity index is 1.99. The average Bonchev–Trinajstić information content (AvgIpc) is 2.96. The molecule has 3 heterocycles. The van der Waals surface area contributed by atoms with Gasteiger partial charge in [-0.2, -0.15) is 5.26 Å². The number of aliphatic carboxylic acids is 1. The molecular formula is C12H12N4O2. The van der Waals surface area contributed by atoms with E-state index in [4.69, 9.17) is 5.26 Å². The summed E-state index contributed by atoms with van der Waals surface area (Å²) >= 11 is 0. The van der Waals surface area contributed by atoms with Crippen LogP contribution in [0.2, 0.25) is 0 Å². The van der Waals surface area contributed by atoms with Crippen molar-refractivity contribution in [3.05, 3.63) is 18.1 Å². The molecule has 0 aliphatic carbocycles. The molecule has 3 unspecified atom stereocenters. The number of nitrogens with zero attached hydrogens (tertiary/aromatic N) is 4. The summed E-state index contributed by atoms with van der Waals surface area (Å²) in [6, 6.07) is 2.16. The zero-order valence-corrected chi connectivity index (χ0v) is 9.65. The van der Waals surface area contributed by atoms with E-state index >= 15 is 0 Å². The van der Waals surface area contributed by atoms with Gasteiger partial charge in [-0.15, -0.1) is 0 Å². The van der Waals surface area contributed by atoms with E-state index in [0.717, 1.165) is 12.8 Å². The fourth-order valence-electron chi connectivity index (χ4n) is 3.18. The van der Waals surface area contributed by atoms with Crippen LogP contribution in [0.25, 0.3) is 0 Å². The van der Waals surface area contributed by atoms with Gasteiger partial charge in [0, 0.05) is 24.5 Å². The van der Waals surface area contributed by atoms with Crippen LogP contribution in [0.5, 0.6) is 0 Å². The highest BCUT2D eigenvalue weighted by molar-refractivity contribution is 5.74. The predicted octanol–water partition coefficient (Wildman–Crippen LogP) is 0.790. The van der Waals surface area contributed by atoms with Crippen LogP contribution >= 0.6 is 0 Å². The van der Waals surface area contributed by atoms with E-state index in [0.29, 0.717) is 12.2 Å². The molecule has 2 fully saturated rings. The van der Waals surface area contributed by atoms with Gasteiger partial charge >= 0.3 is 5.97 Å². The van der Waals surface area contributed by atoms with Crippen LogP contribution in [0.15, 0.2) is 12.4 Å². The summed E-state index contributed by atoms with van der Waals surface area (Å²) in [5.74, 6) is -0.567. The number of rotatable bonds is 2. The Hall–Kier alpha value is -2.16. The number of anilines is 1. The zero-order valence-electron chi connectivity index (χ0n) is 9.65. The molecule has 92 valence electrons. The number of carbonyl (C=O) groups is 1. The summed E-state index contributed by atoms with van der Waals surface area (Å²) < 4.78 is 0. The molecule has 6 heteroatoms. The highest BCUT2D eigenvalue weighted by Crippen LogP contribution is 2.44. The van der Waals surface area contributed by atoms with E-state index in [1.807, 2.05) is 11.0 Å². The first kappa shape index (κ1) is 11.0. The highest BCUT2D eigenvalue weighted by Gasteiger charge is 2.50. The van der Waals surface area contributed by atoms with Crippen LogP contribution in [-0.2, 0) is 4.79 Å². The Kier molecular flexibility index (Phi) is 2.40. The molecule has 3 atom stereocenters. The quantitative estimate of drug-likeness (QED) is 0.827. The SMILES string of the molecule is N#Cc1nccnc1N1C2CCC1C(C(=O)O)C2. The van der Waals surface area contributed by atoms with Crippen LogP contribution in [0, 0.1) is 17.2 Å². The van der Waals surface area contributed by atoms with Crippen molar-refractivity contribution in [2.75, 3.05) is 4.90 Å². The van der Waals surface area contributed by atoms with Gasteiger partial charge in [0.15, 0.2) is 11.5 Å². The Morgan fingerprint density at radius 1 is 1.44 bits per heavy atom. The molecule has 3 rings (SSSR count). The Morgan fingerprint density at radius 2 is 2.22 bits per heavy atom. The van der Waals surface area contributed by atoms with E-state index < -0.39 is 5.97 Å². The summed E-state index contributed by atoms with van der Waals surface area (Å²) in [5, 5.41) is 18.3. The largest absolute Gasteiger partial charge is 0.481 e. The lowest BCUT2D eigenvalue weighted by Crippen LogP contribution is -2.34. The maximum Gasteiger partial charge on any atom is 0.308 e. The van der Waals surface area contributed by atoms with Crippen LogP contribution in [-0.4, -0.2) is 33.1 Å². The first-order chi connectivity index (χ1) is 8.72. The Morgan fingerprint density at radius 3 is 2.89 bits per heavy atom. The number of carboxylic acids is 1. The van der Waals surface area contributed by atoms with Crippen molar-refractivity contribution >= 4 is 11.8 Å². The van der Waals surface area contributed by atoms with E-state index in [-0.39, 0.29) is 23.7 Å². The maximum absolute atomic E-state index is 11.2. The van der Waals surface area contributed by atoms with Gasteiger partial charge < -0.3 is 10.0 Å². The fourth-order valence-corrected chi connectivity index (χ4v) is 3.18. The van der Waals surface area contributed by atoms with Crippen molar-refractivity contribution in [3.63, 3.8) is 0 Å². The smallest absolute Gasteiger partial charge is 0.308 e. The van der Waals surface area contributed by atoms with Crippen molar-refractivity contribution in [3.8, 4) is 6.07 Å². The van der Waals surface area contributed by atoms with E-state index in [9.17, 15) is 9.90 Å². The number of hydrogen-bond acceptors (Lipinski definition) is 5. The van der Waals surface area contributed by atoms with Crippen LogP contribution < -0.4 is 4.90 Å². The van der Waals surface area contributed by atoms with Crippen molar-refractivity contribution in [2.24, 2.45) is 5.92 Å². The third kappa shape index (κ3) is 1.44. The Bertz CT molecular complexity index is 539. The van der Waals surface area contributed by atoms with Gasteiger partial charge in [0.25, 0.3) is 0 Å². The third-order valence-electron chi connectivity index (χ3n) is 3.88. The number of fused-ring (bicyclic) bond motifs is 2. The second-order valence-corrected chi connectivity index (χ2v) is 4.73. The average molecular weight is 244 g/mol. The summed E-state index contributed by atoms with van der Waals surface area (Å²) in [4.78, 5) is 21.4. The Labute approximate surface area is 104 Å². The first-order valence-corrected chi connectivity index (χ1v) is 5.94. The molecule has 18 heavy (non-hydrogen) atoms. The minimum absolute atomic E-state index is 0.0451. The van der Waals surface area contributed by atoms with Gasteiger partial charge in [-0.3, -0.25) is 4.79 Å². The molecule has 0 saturated carbocycles. The second-order valence-electron chi connectivity index (χ2n) is 4.73. The zero-order chi connectivity index (χ0) is 12.7. The molecule has 1 aromatic rings. The molecule has 0 spiro atoms. The molecule has 2 aliphatic heterocycles. The molecule has 2 saturated heterocycles. The van der Waals surface area contributed by atoms with E-state index in [1.54, 1.807) is 6.20 Å². The predicted molar refractivity (Wildman–Crippen MR) is 61.8 cm³/mol. The van der Waals surface area contributed by atoms with Crippen LogP contribution in [0.1, 0.15) is 25.0 Å². The molecule has 0 radical (unpaired) electrons. The van der Waals surface area contributed by atoms with Crippen molar-refractivity contribution in [2.45, 2.75) is 31.3 Å². The van der Waals surface area contributed by atoms with Gasteiger partial charge in [0.2, 0.25) is 0 Å². The topological polar surface area (TPSA) is 90.1 Å². The van der Waals surface area contributed by atoms with Crippen molar-refractivity contribution < 1.29 is 9.90 Å². The standard InChI is InChI=1S/C12H12N4O2/c13-6-9-11(15-4-3-14-9)16-7-1-2-10(16)8(5-7)12(17)18/h3-4,7-8,10H,1-2,5H2,(H,17,18). The summed E-state index contributed by atoms with van der Waals surface area (Å²) in [6.45, 7) is 0. The lowest BCUT2D eigenvalue weighted by atomic mass is 9.89. The molecule has 0 amide bonds. The maximum atomic E-state index is 11.2. The van der Waals surface area contributed by atoms with Crippen LogP contribution in [0.4, 0.5) is 5.82 Å². The number of carboxylic acid groups (broad SMARTS) is 1. The number of nitriles is 1.